The molecule has 0 spiro atoms. The van der Waals surface area contributed by atoms with Crippen LogP contribution in [0.1, 0.15) is 12.8 Å². The van der Waals surface area contributed by atoms with Gasteiger partial charge in [0.25, 0.3) is 12.9 Å². The van der Waals surface area contributed by atoms with Crippen LogP contribution in [0.4, 0.5) is 0 Å². The number of hydrogen-bond donors (Lipinski definition) is 4. The molecule has 8 heteroatoms. The second kappa shape index (κ2) is 29.3. The summed E-state index contributed by atoms with van der Waals surface area (Å²) in [6, 6.07) is 0. The Morgan fingerprint density at radius 2 is 1.12 bits per heavy atom. The van der Waals surface area contributed by atoms with Gasteiger partial charge in [-0.25, -0.2) is 0 Å². The number of nitrogens with two attached hydrogens (primary N) is 2. The van der Waals surface area contributed by atoms with Crippen molar-refractivity contribution >= 4 is 34.5 Å². The molecule has 0 bridgehead atoms. The van der Waals surface area contributed by atoms with E-state index in [1.54, 1.807) is 0 Å². The summed E-state index contributed by atoms with van der Waals surface area (Å²) in [5.74, 6) is 2.34. The summed E-state index contributed by atoms with van der Waals surface area (Å²) in [6.45, 7) is 1.12. The molecule has 0 aliphatic rings. The van der Waals surface area contributed by atoms with E-state index in [0.29, 0.717) is 0 Å². The van der Waals surface area contributed by atoms with Crippen molar-refractivity contribution < 1.29 is 19.8 Å². The van der Waals surface area contributed by atoms with E-state index in [1.807, 2.05) is 21.6 Å². The van der Waals surface area contributed by atoms with E-state index in [-0.39, 0.29) is 12.9 Å². The standard InChI is InChI=1S/C6H16N2S2.2CH2O2/c7-3-1-5-9-10-6-2-4-8;2*2-1-3/h1-8H2;2*1H,(H,2,3). The van der Waals surface area contributed by atoms with Crippen LogP contribution in [-0.4, -0.2) is 47.8 Å². The molecule has 0 saturated heterocycles. The van der Waals surface area contributed by atoms with Gasteiger partial charge < -0.3 is 21.7 Å². The summed E-state index contributed by atoms with van der Waals surface area (Å²) < 4.78 is 0. The quantitative estimate of drug-likeness (QED) is 0.299. The lowest BCUT2D eigenvalue weighted by molar-refractivity contribution is -0.123. The van der Waals surface area contributed by atoms with Gasteiger partial charge in [-0.3, -0.25) is 9.59 Å². The lowest BCUT2D eigenvalue weighted by atomic mass is 10.5. The summed E-state index contributed by atoms with van der Waals surface area (Å²) in [7, 11) is 3.80. The second-order valence-corrected chi connectivity index (χ2v) is 4.84. The molecule has 0 aliphatic heterocycles. The Balaban J connectivity index is -0.000000235. The number of hydrogen-bond acceptors (Lipinski definition) is 6. The third kappa shape index (κ3) is 49.7. The molecule has 98 valence electrons. The lowest BCUT2D eigenvalue weighted by Crippen LogP contribution is -2.00. The fraction of sp³-hybridized carbons (Fsp3) is 0.750. The Morgan fingerprint density at radius 1 is 0.875 bits per heavy atom. The monoisotopic (exact) mass is 272 g/mol. The molecular formula is C8H20N2O4S2. The van der Waals surface area contributed by atoms with Crippen molar-refractivity contribution in [1.29, 1.82) is 0 Å². The van der Waals surface area contributed by atoms with Gasteiger partial charge in [0.15, 0.2) is 0 Å². The maximum Gasteiger partial charge on any atom is 0.290 e. The number of rotatable bonds is 7. The molecule has 0 amide bonds. The second-order valence-electron chi connectivity index (χ2n) is 2.14. The lowest BCUT2D eigenvalue weighted by Gasteiger charge is -1.97. The molecule has 0 fully saturated rings. The fourth-order valence-corrected chi connectivity index (χ4v) is 2.62. The first kappa shape index (κ1) is 20.9. The Kier molecular flexibility index (Phi) is 38.3. The molecular weight excluding hydrogens is 252 g/mol. The first-order chi connectivity index (χ1) is 7.74. The molecule has 16 heavy (non-hydrogen) atoms. The highest BCUT2D eigenvalue weighted by atomic mass is 33.1. The van der Waals surface area contributed by atoms with Crippen molar-refractivity contribution in [3.8, 4) is 0 Å². The van der Waals surface area contributed by atoms with Crippen LogP contribution in [0.3, 0.4) is 0 Å². The topological polar surface area (TPSA) is 127 Å². The average molecular weight is 272 g/mol. The van der Waals surface area contributed by atoms with E-state index in [0.717, 1.165) is 25.9 Å². The van der Waals surface area contributed by atoms with E-state index < -0.39 is 0 Å². The highest BCUT2D eigenvalue weighted by Crippen LogP contribution is 2.21. The predicted molar refractivity (Wildman–Crippen MR) is 69.6 cm³/mol. The van der Waals surface area contributed by atoms with Crippen molar-refractivity contribution in [2.75, 3.05) is 24.6 Å². The minimum absolute atomic E-state index is 0.250. The van der Waals surface area contributed by atoms with Crippen LogP contribution in [0.5, 0.6) is 0 Å². The van der Waals surface area contributed by atoms with Crippen molar-refractivity contribution in [3.63, 3.8) is 0 Å². The SMILES string of the molecule is NCCCSSCCCN.O=CO.O=CO. The van der Waals surface area contributed by atoms with Crippen molar-refractivity contribution in [2.24, 2.45) is 11.5 Å². The zero-order chi connectivity index (χ0) is 13.1. The first-order valence-corrected chi connectivity index (χ1v) is 7.04. The molecule has 6 nitrogen and oxygen atoms in total. The van der Waals surface area contributed by atoms with E-state index >= 15 is 0 Å². The van der Waals surface area contributed by atoms with Crippen LogP contribution >= 0.6 is 21.6 Å². The Hall–Kier alpha value is -0.440. The highest BCUT2D eigenvalue weighted by molar-refractivity contribution is 8.76. The number of carboxylic acid groups (broad SMARTS) is 2. The van der Waals surface area contributed by atoms with Gasteiger partial charge in [0.1, 0.15) is 0 Å². The molecule has 0 aromatic heterocycles. The molecule has 0 unspecified atom stereocenters. The van der Waals surface area contributed by atoms with Crippen LogP contribution in [0.15, 0.2) is 0 Å². The molecule has 0 heterocycles. The smallest absolute Gasteiger partial charge is 0.290 e. The summed E-state index contributed by atoms with van der Waals surface area (Å²) in [6.07, 6.45) is 2.25. The van der Waals surface area contributed by atoms with Gasteiger partial charge in [-0.15, -0.1) is 0 Å². The van der Waals surface area contributed by atoms with Crippen LogP contribution in [0.2, 0.25) is 0 Å². The zero-order valence-corrected chi connectivity index (χ0v) is 10.7. The molecule has 6 N–H and O–H groups in total. The van der Waals surface area contributed by atoms with Crippen molar-refractivity contribution in [2.45, 2.75) is 12.8 Å². The summed E-state index contributed by atoms with van der Waals surface area (Å²) >= 11 is 0. The van der Waals surface area contributed by atoms with Gasteiger partial charge in [0, 0.05) is 11.5 Å². The Labute approximate surface area is 104 Å². The summed E-state index contributed by atoms with van der Waals surface area (Å²) in [5.41, 5.74) is 10.7. The van der Waals surface area contributed by atoms with Crippen molar-refractivity contribution in [3.05, 3.63) is 0 Å². The molecule has 0 radical (unpaired) electrons. The maximum atomic E-state index is 8.36. The third-order valence-electron chi connectivity index (χ3n) is 0.947. The largest absolute Gasteiger partial charge is 0.483 e. The van der Waals surface area contributed by atoms with Crippen LogP contribution in [0.25, 0.3) is 0 Å². The van der Waals surface area contributed by atoms with E-state index in [2.05, 4.69) is 0 Å². The molecule has 0 rings (SSSR count). The minimum atomic E-state index is -0.250. The van der Waals surface area contributed by atoms with E-state index in [9.17, 15) is 0 Å². The van der Waals surface area contributed by atoms with Gasteiger partial charge in [-0.1, -0.05) is 21.6 Å². The van der Waals surface area contributed by atoms with Gasteiger partial charge in [0.2, 0.25) is 0 Å². The first-order valence-electron chi connectivity index (χ1n) is 4.55. The predicted octanol–water partition coefficient (Wildman–Crippen LogP) is 0.467. The van der Waals surface area contributed by atoms with Crippen LogP contribution < -0.4 is 11.5 Å². The van der Waals surface area contributed by atoms with E-state index in [1.165, 1.54) is 11.5 Å². The normalized spacial score (nSPS) is 7.88. The average Bonchev–Trinajstić information content (AvgIpc) is 2.26. The van der Waals surface area contributed by atoms with E-state index in [4.69, 9.17) is 31.3 Å². The van der Waals surface area contributed by atoms with Gasteiger partial charge in [-0.2, -0.15) is 0 Å². The Morgan fingerprint density at radius 3 is 1.31 bits per heavy atom. The molecule has 0 aromatic carbocycles. The van der Waals surface area contributed by atoms with Crippen molar-refractivity contribution in [1.82, 2.24) is 0 Å². The van der Waals surface area contributed by atoms with Gasteiger partial charge in [0.05, 0.1) is 0 Å². The molecule has 0 aromatic rings. The van der Waals surface area contributed by atoms with Gasteiger partial charge in [-0.05, 0) is 25.9 Å². The maximum absolute atomic E-state index is 8.36. The molecule has 0 atom stereocenters. The van der Waals surface area contributed by atoms with Gasteiger partial charge >= 0.3 is 0 Å². The third-order valence-corrected chi connectivity index (χ3v) is 3.52. The summed E-state index contributed by atoms with van der Waals surface area (Å²) in [5, 5.41) is 13.8. The molecule has 0 aliphatic carbocycles. The van der Waals surface area contributed by atoms with Crippen LogP contribution in [0, 0.1) is 0 Å². The fourth-order valence-electron chi connectivity index (χ4n) is 0.402. The van der Waals surface area contributed by atoms with Crippen LogP contribution in [-0.2, 0) is 9.59 Å². The minimum Gasteiger partial charge on any atom is -0.483 e. The Bertz CT molecular complexity index is 117. The zero-order valence-electron chi connectivity index (χ0n) is 9.08. The summed E-state index contributed by atoms with van der Waals surface area (Å²) in [4.78, 5) is 16.7. The highest BCUT2D eigenvalue weighted by Gasteiger charge is 1.88. The molecule has 0 saturated carbocycles. The number of carbonyl (C=O) groups is 2.